The SMILES string of the molecule is CCC[C@H](NC(=O)COc1cccc(C(C)C)c1)C(=O)O. The summed E-state index contributed by atoms with van der Waals surface area (Å²) >= 11 is 0. The second-order valence-electron chi connectivity index (χ2n) is 5.26. The first kappa shape index (κ1) is 17.0. The van der Waals surface area contributed by atoms with Gasteiger partial charge in [-0.1, -0.05) is 39.3 Å². The van der Waals surface area contributed by atoms with Gasteiger partial charge >= 0.3 is 5.97 Å². The van der Waals surface area contributed by atoms with E-state index in [4.69, 9.17) is 9.84 Å². The Kier molecular flexibility index (Phi) is 6.72. The molecule has 0 saturated heterocycles. The third-order valence-electron chi connectivity index (χ3n) is 3.11. The predicted molar refractivity (Wildman–Crippen MR) is 80.5 cm³/mol. The molecule has 21 heavy (non-hydrogen) atoms. The fourth-order valence-corrected chi connectivity index (χ4v) is 1.89. The van der Waals surface area contributed by atoms with Crippen molar-refractivity contribution < 1.29 is 19.4 Å². The molecule has 1 aromatic carbocycles. The normalized spacial score (nSPS) is 12.0. The Morgan fingerprint density at radius 1 is 1.33 bits per heavy atom. The van der Waals surface area contributed by atoms with Crippen molar-refractivity contribution in [2.75, 3.05) is 6.61 Å². The average Bonchev–Trinajstić information content (AvgIpc) is 2.45. The molecule has 0 aliphatic rings. The first-order valence-electron chi connectivity index (χ1n) is 7.19. The number of carbonyl (C=O) groups is 2. The van der Waals surface area contributed by atoms with Gasteiger partial charge in [-0.2, -0.15) is 0 Å². The predicted octanol–water partition coefficient (Wildman–Crippen LogP) is 2.56. The molecule has 0 bridgehead atoms. The molecule has 1 atom stereocenters. The smallest absolute Gasteiger partial charge is 0.326 e. The Bertz CT molecular complexity index is 485. The van der Waals surface area contributed by atoms with Crippen LogP contribution in [0.3, 0.4) is 0 Å². The highest BCUT2D eigenvalue weighted by Gasteiger charge is 2.18. The van der Waals surface area contributed by atoms with E-state index in [-0.39, 0.29) is 6.61 Å². The molecular weight excluding hydrogens is 270 g/mol. The van der Waals surface area contributed by atoms with Crippen LogP contribution in [-0.2, 0) is 9.59 Å². The minimum absolute atomic E-state index is 0.185. The van der Waals surface area contributed by atoms with Crippen molar-refractivity contribution in [1.82, 2.24) is 5.32 Å². The van der Waals surface area contributed by atoms with Crippen LogP contribution in [0.5, 0.6) is 5.75 Å². The van der Waals surface area contributed by atoms with Gasteiger partial charge in [0, 0.05) is 0 Å². The van der Waals surface area contributed by atoms with E-state index in [0.717, 1.165) is 5.56 Å². The van der Waals surface area contributed by atoms with Crippen molar-refractivity contribution in [2.24, 2.45) is 0 Å². The maximum Gasteiger partial charge on any atom is 0.326 e. The van der Waals surface area contributed by atoms with Crippen LogP contribution in [0.4, 0.5) is 0 Å². The van der Waals surface area contributed by atoms with Gasteiger partial charge in [0.25, 0.3) is 5.91 Å². The Hall–Kier alpha value is -2.04. The maximum absolute atomic E-state index is 11.7. The molecule has 0 saturated carbocycles. The summed E-state index contributed by atoms with van der Waals surface area (Å²) < 4.78 is 5.41. The number of benzene rings is 1. The Morgan fingerprint density at radius 3 is 2.62 bits per heavy atom. The molecule has 0 aliphatic carbocycles. The van der Waals surface area contributed by atoms with Gasteiger partial charge in [-0.3, -0.25) is 4.79 Å². The van der Waals surface area contributed by atoms with E-state index >= 15 is 0 Å². The number of hydrogen-bond donors (Lipinski definition) is 2. The minimum atomic E-state index is -1.02. The van der Waals surface area contributed by atoms with Crippen LogP contribution in [0.15, 0.2) is 24.3 Å². The number of nitrogens with one attached hydrogen (secondary N) is 1. The number of ether oxygens (including phenoxy) is 1. The average molecular weight is 293 g/mol. The first-order chi connectivity index (χ1) is 9.93. The molecule has 1 aromatic rings. The third kappa shape index (κ3) is 5.85. The summed E-state index contributed by atoms with van der Waals surface area (Å²) in [5.74, 6) is -0.458. The second-order valence-corrected chi connectivity index (χ2v) is 5.26. The highest BCUT2D eigenvalue weighted by Crippen LogP contribution is 2.19. The van der Waals surface area contributed by atoms with Gasteiger partial charge in [0.2, 0.25) is 0 Å². The van der Waals surface area contributed by atoms with Gasteiger partial charge in [0.15, 0.2) is 6.61 Å². The summed E-state index contributed by atoms with van der Waals surface area (Å²) in [6.07, 6.45) is 1.10. The lowest BCUT2D eigenvalue weighted by atomic mass is 10.0. The zero-order chi connectivity index (χ0) is 15.8. The molecule has 5 nitrogen and oxygen atoms in total. The van der Waals surface area contributed by atoms with E-state index in [0.29, 0.717) is 24.5 Å². The standard InChI is InChI=1S/C16H23NO4/c1-4-6-14(16(19)20)17-15(18)10-21-13-8-5-7-12(9-13)11(2)3/h5,7-9,11,14H,4,6,10H2,1-3H3,(H,17,18)(H,19,20)/t14-/m0/s1. The zero-order valence-electron chi connectivity index (χ0n) is 12.8. The summed E-state index contributed by atoms with van der Waals surface area (Å²) in [6, 6.07) is 6.69. The van der Waals surface area contributed by atoms with Crippen LogP contribution in [-0.4, -0.2) is 29.6 Å². The van der Waals surface area contributed by atoms with Gasteiger partial charge in [-0.15, -0.1) is 0 Å². The molecule has 2 N–H and O–H groups in total. The number of aliphatic carboxylic acids is 1. The van der Waals surface area contributed by atoms with E-state index in [2.05, 4.69) is 19.2 Å². The van der Waals surface area contributed by atoms with Crippen molar-refractivity contribution in [2.45, 2.75) is 45.6 Å². The Morgan fingerprint density at radius 2 is 2.05 bits per heavy atom. The van der Waals surface area contributed by atoms with E-state index in [9.17, 15) is 9.59 Å². The number of carboxylic acid groups (broad SMARTS) is 1. The molecule has 0 fully saturated rings. The quantitative estimate of drug-likeness (QED) is 0.772. The Labute approximate surface area is 125 Å². The maximum atomic E-state index is 11.7. The lowest BCUT2D eigenvalue weighted by Crippen LogP contribution is -2.42. The van der Waals surface area contributed by atoms with Crippen LogP contribution in [0.1, 0.15) is 45.1 Å². The van der Waals surface area contributed by atoms with E-state index < -0.39 is 17.9 Å². The minimum Gasteiger partial charge on any atom is -0.484 e. The van der Waals surface area contributed by atoms with Crippen LogP contribution in [0.2, 0.25) is 0 Å². The van der Waals surface area contributed by atoms with Crippen molar-refractivity contribution in [3.05, 3.63) is 29.8 Å². The summed E-state index contributed by atoms with van der Waals surface area (Å²) in [6.45, 7) is 5.84. The molecule has 0 heterocycles. The molecule has 1 rings (SSSR count). The number of carboxylic acids is 1. The van der Waals surface area contributed by atoms with Crippen LogP contribution >= 0.6 is 0 Å². The molecule has 0 aliphatic heterocycles. The number of carbonyl (C=O) groups excluding carboxylic acids is 1. The highest BCUT2D eigenvalue weighted by atomic mass is 16.5. The van der Waals surface area contributed by atoms with Crippen molar-refractivity contribution in [3.8, 4) is 5.75 Å². The summed E-state index contributed by atoms with van der Waals surface area (Å²) in [5.41, 5.74) is 1.13. The van der Waals surface area contributed by atoms with E-state index in [1.807, 2.05) is 25.1 Å². The molecule has 0 radical (unpaired) electrons. The van der Waals surface area contributed by atoms with E-state index in [1.54, 1.807) is 6.07 Å². The molecule has 5 heteroatoms. The van der Waals surface area contributed by atoms with E-state index in [1.165, 1.54) is 0 Å². The van der Waals surface area contributed by atoms with Gasteiger partial charge in [-0.05, 0) is 30.0 Å². The molecule has 116 valence electrons. The number of hydrogen-bond acceptors (Lipinski definition) is 3. The van der Waals surface area contributed by atoms with Crippen molar-refractivity contribution in [3.63, 3.8) is 0 Å². The molecule has 0 aromatic heterocycles. The van der Waals surface area contributed by atoms with Crippen molar-refractivity contribution in [1.29, 1.82) is 0 Å². The monoisotopic (exact) mass is 293 g/mol. The van der Waals surface area contributed by atoms with Gasteiger partial charge in [0.05, 0.1) is 0 Å². The highest BCUT2D eigenvalue weighted by molar-refractivity contribution is 5.84. The molecule has 0 spiro atoms. The molecule has 0 unspecified atom stereocenters. The molecular formula is C16H23NO4. The second kappa shape index (κ2) is 8.29. The van der Waals surface area contributed by atoms with Crippen LogP contribution in [0, 0.1) is 0 Å². The van der Waals surface area contributed by atoms with Crippen molar-refractivity contribution >= 4 is 11.9 Å². The van der Waals surface area contributed by atoms with Crippen LogP contribution in [0.25, 0.3) is 0 Å². The van der Waals surface area contributed by atoms with Gasteiger partial charge in [-0.25, -0.2) is 4.79 Å². The Balaban J connectivity index is 2.52. The first-order valence-corrected chi connectivity index (χ1v) is 7.19. The summed E-state index contributed by atoms with van der Waals surface area (Å²) in [7, 11) is 0. The molecule has 1 amide bonds. The zero-order valence-corrected chi connectivity index (χ0v) is 12.8. The number of amides is 1. The summed E-state index contributed by atoms with van der Waals surface area (Å²) in [4.78, 5) is 22.7. The summed E-state index contributed by atoms with van der Waals surface area (Å²) in [5, 5.41) is 11.4. The number of rotatable bonds is 8. The van der Waals surface area contributed by atoms with Crippen LogP contribution < -0.4 is 10.1 Å². The lowest BCUT2D eigenvalue weighted by Gasteiger charge is -2.14. The van der Waals surface area contributed by atoms with Gasteiger partial charge in [0.1, 0.15) is 11.8 Å². The third-order valence-corrected chi connectivity index (χ3v) is 3.11. The topological polar surface area (TPSA) is 75.6 Å². The fraction of sp³-hybridized carbons (Fsp3) is 0.500. The van der Waals surface area contributed by atoms with Gasteiger partial charge < -0.3 is 15.2 Å². The fourth-order valence-electron chi connectivity index (χ4n) is 1.89. The largest absolute Gasteiger partial charge is 0.484 e. The lowest BCUT2D eigenvalue weighted by molar-refractivity contribution is -0.142.